The molecule has 0 aliphatic rings. The fourth-order valence-corrected chi connectivity index (χ4v) is 3.02. The lowest BCUT2D eigenvalue weighted by molar-refractivity contribution is 0.792. The van der Waals surface area contributed by atoms with Crippen LogP contribution in [-0.2, 0) is 19.8 Å². The Morgan fingerprint density at radius 1 is 1.10 bits per heavy atom. The minimum absolute atomic E-state index is 0.822. The molecule has 102 valence electrons. The van der Waals surface area contributed by atoms with Gasteiger partial charge in [0.05, 0.1) is 17.6 Å². The number of rotatable bonds is 4. The highest BCUT2D eigenvalue weighted by Gasteiger charge is 2.10. The molecule has 0 saturated heterocycles. The highest BCUT2D eigenvalue weighted by Crippen LogP contribution is 2.26. The van der Waals surface area contributed by atoms with Gasteiger partial charge in [0.25, 0.3) is 0 Å². The van der Waals surface area contributed by atoms with E-state index in [1.54, 1.807) is 11.8 Å². The number of hydrogen-bond donors (Lipinski definition) is 0. The quantitative estimate of drug-likeness (QED) is 0.691. The summed E-state index contributed by atoms with van der Waals surface area (Å²) in [4.78, 5) is 8.84. The summed E-state index contributed by atoms with van der Waals surface area (Å²) in [6.07, 6.45) is 5.71. The smallest absolute Gasteiger partial charge is 0.168 e. The van der Waals surface area contributed by atoms with Crippen LogP contribution in [0.25, 0.3) is 11.3 Å². The lowest BCUT2D eigenvalue weighted by Crippen LogP contribution is -1.97. The molecule has 0 radical (unpaired) electrons. The third-order valence-electron chi connectivity index (χ3n) is 3.27. The topological polar surface area (TPSA) is 35.6 Å². The monoisotopic (exact) mass is 284 g/mol. The van der Waals surface area contributed by atoms with Gasteiger partial charge < -0.3 is 9.13 Å². The molecule has 0 aliphatic heterocycles. The van der Waals surface area contributed by atoms with Crippen molar-refractivity contribution in [2.45, 2.75) is 10.9 Å². The van der Waals surface area contributed by atoms with Crippen LogP contribution in [0.1, 0.15) is 5.82 Å². The van der Waals surface area contributed by atoms with E-state index in [1.165, 1.54) is 5.56 Å². The van der Waals surface area contributed by atoms with E-state index >= 15 is 0 Å². The maximum atomic E-state index is 4.51. The van der Waals surface area contributed by atoms with E-state index in [-0.39, 0.29) is 0 Å². The lowest BCUT2D eigenvalue weighted by Gasteiger charge is -2.06. The maximum Gasteiger partial charge on any atom is 0.168 e. The normalized spacial score (nSPS) is 10.9. The molecule has 2 aromatic heterocycles. The van der Waals surface area contributed by atoms with Crippen molar-refractivity contribution < 1.29 is 0 Å². The number of nitrogens with zero attached hydrogens (tertiary/aromatic N) is 4. The van der Waals surface area contributed by atoms with Crippen LogP contribution in [-0.4, -0.2) is 19.1 Å². The van der Waals surface area contributed by atoms with Crippen LogP contribution < -0.4 is 0 Å². The zero-order chi connectivity index (χ0) is 13.9. The average Bonchev–Trinajstić information content (AvgIpc) is 3.04. The van der Waals surface area contributed by atoms with Crippen molar-refractivity contribution in [1.29, 1.82) is 0 Å². The molecule has 0 unspecified atom stereocenters. The molecule has 0 N–H and O–H groups in total. The van der Waals surface area contributed by atoms with E-state index in [1.807, 2.05) is 48.4 Å². The van der Waals surface area contributed by atoms with Gasteiger partial charge in [-0.1, -0.05) is 42.1 Å². The Balaban J connectivity index is 1.79. The SMILES string of the molecule is Cn1ccnc1CSc1ncc(-c2ccccc2)n1C. The molecule has 1 aromatic carbocycles. The van der Waals surface area contributed by atoms with Crippen LogP contribution in [0.4, 0.5) is 0 Å². The standard InChI is InChI=1S/C15H16N4S/c1-18-9-8-16-14(18)11-20-15-17-10-13(19(15)2)12-6-4-3-5-7-12/h3-10H,11H2,1-2H3. The van der Waals surface area contributed by atoms with Crippen molar-refractivity contribution in [3.05, 3.63) is 54.7 Å². The zero-order valence-electron chi connectivity index (χ0n) is 11.5. The summed E-state index contributed by atoms with van der Waals surface area (Å²) in [5.74, 6) is 1.88. The first-order valence-corrected chi connectivity index (χ1v) is 7.40. The summed E-state index contributed by atoms with van der Waals surface area (Å²) in [5.41, 5.74) is 2.32. The van der Waals surface area contributed by atoms with Crippen LogP contribution >= 0.6 is 11.8 Å². The predicted octanol–water partition coefficient (Wildman–Crippen LogP) is 3.11. The van der Waals surface area contributed by atoms with Gasteiger partial charge in [0.15, 0.2) is 5.16 Å². The summed E-state index contributed by atoms with van der Waals surface area (Å²) in [7, 11) is 4.06. The molecule has 0 atom stereocenters. The van der Waals surface area contributed by atoms with E-state index in [0.717, 1.165) is 22.4 Å². The third-order valence-corrected chi connectivity index (χ3v) is 4.31. The van der Waals surface area contributed by atoms with Gasteiger partial charge in [-0.25, -0.2) is 9.97 Å². The molecule has 2 heterocycles. The minimum atomic E-state index is 0.822. The fraction of sp³-hybridized carbons (Fsp3) is 0.200. The fourth-order valence-electron chi connectivity index (χ4n) is 2.07. The average molecular weight is 284 g/mol. The van der Waals surface area contributed by atoms with Crippen molar-refractivity contribution in [2.75, 3.05) is 0 Å². The van der Waals surface area contributed by atoms with E-state index in [4.69, 9.17) is 0 Å². The van der Waals surface area contributed by atoms with Gasteiger partial charge in [-0.2, -0.15) is 0 Å². The number of benzene rings is 1. The van der Waals surface area contributed by atoms with Crippen LogP contribution in [0.2, 0.25) is 0 Å². The van der Waals surface area contributed by atoms with Crippen molar-refractivity contribution >= 4 is 11.8 Å². The molecule has 0 saturated carbocycles. The first-order chi connectivity index (χ1) is 9.75. The molecule has 0 amide bonds. The van der Waals surface area contributed by atoms with Gasteiger partial charge in [0.2, 0.25) is 0 Å². The second-order valence-corrected chi connectivity index (χ2v) is 5.54. The Hall–Kier alpha value is -2.01. The number of aryl methyl sites for hydroxylation is 1. The van der Waals surface area contributed by atoms with E-state index < -0.39 is 0 Å². The largest absolute Gasteiger partial charge is 0.337 e. The van der Waals surface area contributed by atoms with E-state index in [2.05, 4.69) is 33.7 Å². The molecule has 20 heavy (non-hydrogen) atoms. The number of aromatic nitrogens is 4. The van der Waals surface area contributed by atoms with Gasteiger partial charge in [-0.05, 0) is 5.56 Å². The second-order valence-electron chi connectivity index (χ2n) is 4.59. The highest BCUT2D eigenvalue weighted by molar-refractivity contribution is 7.98. The molecule has 0 fully saturated rings. The van der Waals surface area contributed by atoms with Gasteiger partial charge in [-0.3, -0.25) is 0 Å². The maximum absolute atomic E-state index is 4.51. The molecular formula is C15H16N4S. The number of hydrogen-bond acceptors (Lipinski definition) is 3. The molecule has 4 nitrogen and oxygen atoms in total. The molecule has 0 spiro atoms. The van der Waals surface area contributed by atoms with Gasteiger partial charge in [0.1, 0.15) is 5.82 Å². The third kappa shape index (κ3) is 2.49. The van der Waals surface area contributed by atoms with Crippen molar-refractivity contribution in [3.63, 3.8) is 0 Å². The summed E-state index contributed by atoms with van der Waals surface area (Å²) in [5, 5.41) is 1.01. The molecule has 5 heteroatoms. The Bertz CT molecular complexity index is 700. The molecule has 3 rings (SSSR count). The summed E-state index contributed by atoms with van der Waals surface area (Å²) in [6, 6.07) is 10.3. The highest BCUT2D eigenvalue weighted by atomic mass is 32.2. The summed E-state index contributed by atoms with van der Waals surface area (Å²) in [6.45, 7) is 0. The second kappa shape index (κ2) is 5.54. The van der Waals surface area contributed by atoms with E-state index in [0.29, 0.717) is 0 Å². The number of thioether (sulfide) groups is 1. The Morgan fingerprint density at radius 3 is 2.60 bits per heavy atom. The zero-order valence-corrected chi connectivity index (χ0v) is 12.3. The minimum Gasteiger partial charge on any atom is -0.337 e. The molecule has 0 aliphatic carbocycles. The van der Waals surface area contributed by atoms with Gasteiger partial charge in [0, 0.05) is 26.5 Å². The van der Waals surface area contributed by atoms with Crippen molar-refractivity contribution in [3.8, 4) is 11.3 Å². The summed E-state index contributed by atoms with van der Waals surface area (Å²) < 4.78 is 4.16. The predicted molar refractivity (Wildman–Crippen MR) is 81.4 cm³/mol. The lowest BCUT2D eigenvalue weighted by atomic mass is 10.2. The van der Waals surface area contributed by atoms with Crippen LogP contribution in [0.15, 0.2) is 54.1 Å². The van der Waals surface area contributed by atoms with E-state index in [9.17, 15) is 0 Å². The Labute approximate surface area is 122 Å². The van der Waals surface area contributed by atoms with Crippen molar-refractivity contribution in [2.24, 2.45) is 14.1 Å². The first-order valence-electron chi connectivity index (χ1n) is 6.42. The van der Waals surface area contributed by atoms with Crippen molar-refractivity contribution in [1.82, 2.24) is 19.1 Å². The van der Waals surface area contributed by atoms with Crippen LogP contribution in [0.3, 0.4) is 0 Å². The van der Waals surface area contributed by atoms with Crippen LogP contribution in [0.5, 0.6) is 0 Å². The summed E-state index contributed by atoms with van der Waals surface area (Å²) >= 11 is 1.70. The number of imidazole rings is 2. The molecule has 0 bridgehead atoms. The van der Waals surface area contributed by atoms with Gasteiger partial charge in [-0.15, -0.1) is 0 Å². The Kier molecular flexibility index (Phi) is 3.60. The van der Waals surface area contributed by atoms with Gasteiger partial charge >= 0.3 is 0 Å². The molecule has 3 aromatic rings. The van der Waals surface area contributed by atoms with Crippen LogP contribution in [0, 0.1) is 0 Å². The molecular weight excluding hydrogens is 268 g/mol. The Morgan fingerprint density at radius 2 is 1.90 bits per heavy atom. The first kappa shape index (κ1) is 13.0.